The van der Waals surface area contributed by atoms with Crippen LogP contribution in [0.15, 0.2) is 0 Å². The molecular weight excluding hydrogens is 60.1 g/mol. The maximum atomic E-state index is 7.21. The number of rotatable bonds is 0. The van der Waals surface area contributed by atoms with Crippen molar-refractivity contribution in [2.75, 3.05) is 0 Å². The Labute approximate surface area is 44.4 Å². The van der Waals surface area contributed by atoms with Crippen molar-refractivity contribution in [1.82, 2.24) is 0 Å². The minimum atomic E-state index is -2.82. The molecule has 0 amide bonds. The first kappa shape index (κ1) is 0.473. The summed E-state index contributed by atoms with van der Waals surface area (Å²) in [5.41, 5.74) is 0. The van der Waals surface area contributed by atoms with Crippen LogP contribution in [-0.2, 0) is 0 Å². The van der Waals surface area contributed by atoms with Crippen LogP contribution in [0.2, 0.25) is 0 Å². The van der Waals surface area contributed by atoms with Crippen molar-refractivity contribution in [2.24, 2.45) is 0 Å². The van der Waals surface area contributed by atoms with Gasteiger partial charge in [-0.1, -0.05) is 25.5 Å². The van der Waals surface area contributed by atoms with Crippen molar-refractivity contribution < 1.29 is 11.0 Å². The molecule has 0 aliphatic heterocycles. The van der Waals surface area contributed by atoms with Gasteiger partial charge >= 0.3 is 0 Å². The van der Waals surface area contributed by atoms with E-state index in [1.54, 1.807) is 0 Å². The van der Waals surface area contributed by atoms with E-state index in [1.165, 1.54) is 0 Å². The summed E-state index contributed by atoms with van der Waals surface area (Å²) in [6.07, 6.45) is -10.7. The van der Waals surface area contributed by atoms with Crippen LogP contribution in [0.4, 0.5) is 0 Å². The predicted octanol–water partition coefficient (Wildman–Crippen LogP) is 1.76. The van der Waals surface area contributed by atoms with Crippen LogP contribution in [0.3, 0.4) is 0 Å². The maximum absolute atomic E-state index is 7.21. The van der Waals surface area contributed by atoms with E-state index in [-0.39, 0.29) is 0 Å². The molecule has 0 heteroatoms. The molecule has 1 radical (unpaired) electrons. The summed E-state index contributed by atoms with van der Waals surface area (Å²) >= 11 is 0. The van der Waals surface area contributed by atoms with Gasteiger partial charge in [-0.25, -0.2) is 0 Å². The Morgan fingerprint density at radius 1 is 1.80 bits per heavy atom. The van der Waals surface area contributed by atoms with Gasteiger partial charge in [-0.3, -0.25) is 0 Å². The highest BCUT2D eigenvalue weighted by Crippen LogP contribution is 2.13. The molecule has 1 unspecified atom stereocenters. The quantitative estimate of drug-likeness (QED) is 0.420. The van der Waals surface area contributed by atoms with Crippen LogP contribution in [0.5, 0.6) is 0 Å². The summed E-state index contributed by atoms with van der Waals surface area (Å²) in [6, 6.07) is 0. The number of hydrogen-bond acceptors (Lipinski definition) is 0. The predicted molar refractivity (Wildman–Crippen MR) is 22.8 cm³/mol. The smallest absolute Gasteiger partial charge is 0.0306 e. The topological polar surface area (TPSA) is 0 Å². The summed E-state index contributed by atoms with van der Waals surface area (Å²) in [7, 11) is 0. The summed E-state index contributed by atoms with van der Waals surface area (Å²) in [4.78, 5) is 0. The van der Waals surface area contributed by atoms with Crippen molar-refractivity contribution in [3.63, 3.8) is 0 Å². The van der Waals surface area contributed by atoms with Gasteiger partial charge in [0.05, 0.1) is 0 Å². The lowest BCUT2D eigenvalue weighted by atomic mass is 10.4. The molecule has 0 N–H and O–H groups in total. The summed E-state index contributed by atoms with van der Waals surface area (Å²) in [6.45, 7) is 0. The van der Waals surface area contributed by atoms with Crippen LogP contribution < -0.4 is 0 Å². The average molecular weight is 85.2 g/mol. The molecule has 0 aromatic heterocycles. The van der Waals surface area contributed by atoms with Crippen molar-refractivity contribution in [1.29, 1.82) is 0 Å². The Bertz CT molecular complexity index is 199. The van der Waals surface area contributed by atoms with Gasteiger partial charge in [0.1, 0.15) is 0 Å². The molecule has 1 atom stereocenters. The van der Waals surface area contributed by atoms with Gasteiger partial charge in [0.25, 0.3) is 0 Å². The first-order valence-corrected chi connectivity index (χ1v) is 1.33. The molecule has 1 aliphatic rings. The Kier molecular flexibility index (Phi) is 0.136. The normalized spacial score (nSPS) is 96.4. The molecule has 0 nitrogen and oxygen atoms in total. The molecule has 0 aromatic rings. The van der Waals surface area contributed by atoms with Crippen molar-refractivity contribution in [2.45, 2.75) is 25.5 Å². The molecular formula is C5H9. The highest BCUT2D eigenvalue weighted by atomic mass is 14.0. The second-order valence-corrected chi connectivity index (χ2v) is 0.683. The number of hydrogen-bond donors (Lipinski definition) is 0. The molecule has 0 saturated heterocycles. The van der Waals surface area contributed by atoms with E-state index in [4.69, 9.17) is 11.0 Å². The fourth-order valence-corrected chi connectivity index (χ4v) is 0.180. The standard InChI is InChI=1S/C5H9/c1-2-4-5-3-1/h1H,2-5H2/i1T,2T,3T2,4T2,5T2. The van der Waals surface area contributed by atoms with Gasteiger partial charge in [-0.05, 0) is 6.40 Å². The van der Waals surface area contributed by atoms with Crippen molar-refractivity contribution in [3.8, 4) is 0 Å². The fourth-order valence-electron chi connectivity index (χ4n) is 0.180. The van der Waals surface area contributed by atoms with Gasteiger partial charge < -0.3 is 0 Å². The SMILES string of the molecule is [3H][C]1C([3H])C([3H])([3H])C([3H])([3H])C1([3H])[3H]. The maximum Gasteiger partial charge on any atom is 0.0306 e. The van der Waals surface area contributed by atoms with E-state index < -0.39 is 31.9 Å². The molecule has 1 saturated carbocycles. The summed E-state index contributed by atoms with van der Waals surface area (Å²) in [5.74, 6) is 0. The monoisotopic (exact) mass is 85.1 g/mol. The minimum Gasteiger partial charge on any atom is -0.0530 e. The molecule has 1 fully saturated rings. The first-order chi connectivity index (χ1) is 5.57. The van der Waals surface area contributed by atoms with Crippen LogP contribution in [-0.4, -0.2) is 0 Å². The highest BCUT2D eigenvalue weighted by molar-refractivity contribution is 4.71. The zero-order chi connectivity index (χ0) is 10.7. The lowest BCUT2D eigenvalue weighted by Crippen LogP contribution is -1.50. The summed E-state index contributed by atoms with van der Waals surface area (Å²) in [5, 5.41) is 0. The van der Waals surface area contributed by atoms with Crippen molar-refractivity contribution in [3.05, 3.63) is 6.40 Å². The Morgan fingerprint density at radius 3 is 3.00 bits per heavy atom. The Balaban J connectivity index is 3.23. The second kappa shape index (κ2) is 1.44. The molecule has 0 aromatic carbocycles. The van der Waals surface area contributed by atoms with Crippen LogP contribution >= 0.6 is 0 Å². The van der Waals surface area contributed by atoms with Crippen LogP contribution in [0.1, 0.15) is 36.5 Å². The molecule has 0 spiro atoms. The zero-order valence-electron chi connectivity index (χ0n) is 10.6. The molecule has 1 aliphatic carbocycles. The lowest BCUT2D eigenvalue weighted by molar-refractivity contribution is 0.886. The molecule has 29 valence electrons. The van der Waals surface area contributed by atoms with E-state index in [0.717, 1.165) is 0 Å². The van der Waals surface area contributed by atoms with Crippen molar-refractivity contribution >= 4 is 0 Å². The van der Waals surface area contributed by atoms with E-state index in [9.17, 15) is 0 Å². The van der Waals surface area contributed by atoms with Gasteiger partial charge in [-0.15, -0.1) is 0 Å². The molecule has 0 bridgehead atoms. The molecule has 0 heterocycles. The zero-order valence-corrected chi connectivity index (χ0v) is 2.58. The molecule has 5 heavy (non-hydrogen) atoms. The van der Waals surface area contributed by atoms with E-state index in [0.29, 0.717) is 0 Å². The second-order valence-electron chi connectivity index (χ2n) is 0.683. The highest BCUT2D eigenvalue weighted by Gasteiger charge is 1.95. The van der Waals surface area contributed by atoms with Gasteiger partial charge in [0.2, 0.25) is 0 Å². The van der Waals surface area contributed by atoms with E-state index in [1.807, 2.05) is 0 Å². The van der Waals surface area contributed by atoms with Gasteiger partial charge in [0.15, 0.2) is 0 Å². The lowest BCUT2D eigenvalue weighted by Gasteiger charge is -1.67. The summed E-state index contributed by atoms with van der Waals surface area (Å²) < 4.78 is 57.5. The van der Waals surface area contributed by atoms with E-state index in [2.05, 4.69) is 0 Å². The largest absolute Gasteiger partial charge is 0.0530 e. The average Bonchev–Trinajstić information content (AvgIpc) is 2.05. The van der Waals surface area contributed by atoms with Crippen LogP contribution in [0.25, 0.3) is 0 Å². The Morgan fingerprint density at radius 2 is 2.80 bits per heavy atom. The third-order valence-corrected chi connectivity index (χ3v) is 0.351. The molecule has 1 rings (SSSR count). The van der Waals surface area contributed by atoms with Crippen LogP contribution in [0, 0.1) is 6.40 Å². The van der Waals surface area contributed by atoms with E-state index >= 15 is 0 Å². The Hall–Kier alpha value is 0. The third kappa shape index (κ3) is 0.640. The first-order valence-electron chi connectivity index (χ1n) is 5.40. The fraction of sp³-hybridized carbons (Fsp3) is 0.800. The van der Waals surface area contributed by atoms with Gasteiger partial charge in [-0.2, -0.15) is 0 Å². The van der Waals surface area contributed by atoms with Gasteiger partial charge in [0, 0.05) is 11.0 Å². The minimum absolute atomic E-state index is 0.831. The third-order valence-electron chi connectivity index (χ3n) is 0.351.